The number of aliphatic hydroxyl groups is 1. The van der Waals surface area contributed by atoms with Gasteiger partial charge in [-0.05, 0) is 26.0 Å². The van der Waals surface area contributed by atoms with E-state index >= 15 is 0 Å². The van der Waals surface area contributed by atoms with Crippen molar-refractivity contribution < 1.29 is 13.9 Å². The van der Waals surface area contributed by atoms with E-state index < -0.39 is 23.4 Å². The van der Waals surface area contributed by atoms with Crippen molar-refractivity contribution in [1.29, 1.82) is 0 Å². The minimum Gasteiger partial charge on any atom is -0.386 e. The normalized spacial score (nSPS) is 16.7. The highest BCUT2D eigenvalue weighted by atomic mass is 19.2. The summed E-state index contributed by atoms with van der Waals surface area (Å²) in [5, 5.41) is 22.6. The number of hydrogen-bond donors (Lipinski definition) is 3. The van der Waals surface area contributed by atoms with Gasteiger partial charge in [-0.25, -0.2) is 13.8 Å². The predicted molar refractivity (Wildman–Crippen MR) is 102 cm³/mol. The molecule has 1 aromatic carbocycles. The van der Waals surface area contributed by atoms with Crippen LogP contribution in [0.2, 0.25) is 0 Å². The van der Waals surface area contributed by atoms with Crippen LogP contribution < -0.4 is 16.0 Å². The first kappa shape index (κ1) is 18.5. The standard InChI is InChI=1S/C19H20F2N6O/c1-10-13-7-23-15(27-8-19(2,28)9-27)6-12(13)18(26-25-10)24-17(22)11-4-3-5-14(20)16(11)21/h3-7,17,28H,8-9,22H2,1-2H3,(H,24,26)/t17-/m0/s1. The second-order valence-corrected chi connectivity index (χ2v) is 7.34. The summed E-state index contributed by atoms with van der Waals surface area (Å²) in [4.78, 5) is 6.37. The first-order chi connectivity index (χ1) is 13.2. The van der Waals surface area contributed by atoms with Crippen molar-refractivity contribution in [2.75, 3.05) is 23.3 Å². The molecular weight excluding hydrogens is 366 g/mol. The lowest BCUT2D eigenvalue weighted by molar-refractivity contribution is 0.0305. The first-order valence-electron chi connectivity index (χ1n) is 8.81. The van der Waals surface area contributed by atoms with Crippen molar-refractivity contribution in [2.45, 2.75) is 25.6 Å². The number of rotatable bonds is 4. The zero-order chi connectivity index (χ0) is 20.1. The van der Waals surface area contributed by atoms with Crippen LogP contribution in [-0.4, -0.2) is 39.0 Å². The molecule has 7 nitrogen and oxygen atoms in total. The summed E-state index contributed by atoms with van der Waals surface area (Å²) in [7, 11) is 0. The van der Waals surface area contributed by atoms with Gasteiger partial charge >= 0.3 is 0 Å². The van der Waals surface area contributed by atoms with Crippen LogP contribution in [0, 0.1) is 18.6 Å². The minimum absolute atomic E-state index is 0.0106. The summed E-state index contributed by atoms with van der Waals surface area (Å²) in [6.45, 7) is 4.51. The highest BCUT2D eigenvalue weighted by Gasteiger charge is 2.37. The maximum Gasteiger partial charge on any atom is 0.165 e. The molecule has 4 rings (SSSR count). The van der Waals surface area contributed by atoms with Crippen LogP contribution in [-0.2, 0) is 0 Å². The van der Waals surface area contributed by atoms with Crippen molar-refractivity contribution in [3.8, 4) is 0 Å². The van der Waals surface area contributed by atoms with E-state index in [2.05, 4.69) is 20.5 Å². The number of anilines is 2. The molecule has 0 amide bonds. The molecule has 28 heavy (non-hydrogen) atoms. The summed E-state index contributed by atoms with van der Waals surface area (Å²) < 4.78 is 27.6. The fourth-order valence-corrected chi connectivity index (χ4v) is 3.36. The first-order valence-corrected chi connectivity index (χ1v) is 8.81. The highest BCUT2D eigenvalue weighted by molar-refractivity contribution is 5.94. The number of aromatic nitrogens is 3. The van der Waals surface area contributed by atoms with Crippen molar-refractivity contribution in [3.05, 3.63) is 53.4 Å². The number of nitrogens with two attached hydrogens (primary N) is 1. The summed E-state index contributed by atoms with van der Waals surface area (Å²) in [6, 6.07) is 5.66. The molecule has 0 radical (unpaired) electrons. The lowest BCUT2D eigenvalue weighted by Crippen LogP contribution is -2.60. The number of pyridine rings is 1. The molecule has 1 aliphatic rings. The molecule has 9 heteroatoms. The topological polar surface area (TPSA) is 100 Å². The van der Waals surface area contributed by atoms with Crippen molar-refractivity contribution in [2.24, 2.45) is 5.73 Å². The highest BCUT2D eigenvalue weighted by Crippen LogP contribution is 2.31. The number of hydrogen-bond acceptors (Lipinski definition) is 7. The van der Waals surface area contributed by atoms with Gasteiger partial charge in [-0.15, -0.1) is 5.10 Å². The summed E-state index contributed by atoms with van der Waals surface area (Å²) >= 11 is 0. The van der Waals surface area contributed by atoms with Gasteiger partial charge in [0.05, 0.1) is 11.3 Å². The molecular formula is C19H20F2N6O. The average molecular weight is 386 g/mol. The largest absolute Gasteiger partial charge is 0.386 e. The Kier molecular flexibility index (Phi) is 4.35. The lowest BCUT2D eigenvalue weighted by atomic mass is 9.97. The maximum absolute atomic E-state index is 14.1. The predicted octanol–water partition coefficient (Wildman–Crippen LogP) is 2.25. The van der Waals surface area contributed by atoms with Gasteiger partial charge < -0.3 is 21.1 Å². The minimum atomic E-state index is -1.02. The maximum atomic E-state index is 14.1. The SMILES string of the molecule is Cc1nnc(N[C@H](N)c2cccc(F)c2F)c2cc(N3CC(C)(O)C3)ncc12. The van der Waals surface area contributed by atoms with Crippen LogP contribution in [0.5, 0.6) is 0 Å². The number of β-amino-alcohol motifs (C(OH)–C–C–N with tert-alkyl or cyclic N) is 1. The molecule has 0 unspecified atom stereocenters. The van der Waals surface area contributed by atoms with Crippen molar-refractivity contribution >= 4 is 22.4 Å². The van der Waals surface area contributed by atoms with E-state index in [1.54, 1.807) is 20.0 Å². The quantitative estimate of drug-likeness (QED) is 0.591. The average Bonchev–Trinajstić information content (AvgIpc) is 2.64. The molecule has 0 saturated carbocycles. The Morgan fingerprint density at radius 1 is 1.25 bits per heavy atom. The van der Waals surface area contributed by atoms with Gasteiger partial charge in [0.15, 0.2) is 17.5 Å². The third-order valence-electron chi connectivity index (χ3n) is 4.83. The van der Waals surface area contributed by atoms with E-state index in [1.165, 1.54) is 12.1 Å². The Balaban J connectivity index is 1.70. The van der Waals surface area contributed by atoms with Gasteiger partial charge in [0, 0.05) is 35.6 Å². The molecule has 1 aliphatic heterocycles. The lowest BCUT2D eigenvalue weighted by Gasteiger charge is -2.45. The van der Waals surface area contributed by atoms with Crippen LogP contribution in [0.25, 0.3) is 10.8 Å². The van der Waals surface area contributed by atoms with Crippen LogP contribution in [0.3, 0.4) is 0 Å². The van der Waals surface area contributed by atoms with Gasteiger partial charge in [0.2, 0.25) is 0 Å². The van der Waals surface area contributed by atoms with Crippen LogP contribution in [0.1, 0.15) is 24.3 Å². The number of nitrogens with one attached hydrogen (secondary N) is 1. The molecule has 0 spiro atoms. The van der Waals surface area contributed by atoms with E-state index in [1.807, 2.05) is 11.0 Å². The van der Waals surface area contributed by atoms with Gasteiger partial charge in [0.25, 0.3) is 0 Å². The smallest absolute Gasteiger partial charge is 0.165 e. The number of benzene rings is 1. The Morgan fingerprint density at radius 2 is 2.00 bits per heavy atom. The van der Waals surface area contributed by atoms with Gasteiger partial charge in [-0.1, -0.05) is 12.1 Å². The second-order valence-electron chi connectivity index (χ2n) is 7.34. The molecule has 2 aromatic heterocycles. The van der Waals surface area contributed by atoms with Gasteiger partial charge in [-0.2, -0.15) is 5.10 Å². The molecule has 1 saturated heterocycles. The Hall–Kier alpha value is -2.91. The number of nitrogens with zero attached hydrogens (tertiary/aromatic N) is 4. The molecule has 3 aromatic rings. The Morgan fingerprint density at radius 3 is 2.71 bits per heavy atom. The molecule has 0 bridgehead atoms. The van der Waals surface area contributed by atoms with Gasteiger partial charge in [-0.3, -0.25) is 0 Å². The summed E-state index contributed by atoms with van der Waals surface area (Å²) in [6.07, 6.45) is 0.665. The van der Waals surface area contributed by atoms with E-state index in [9.17, 15) is 13.9 Å². The zero-order valence-corrected chi connectivity index (χ0v) is 15.4. The molecule has 146 valence electrons. The third-order valence-corrected chi connectivity index (χ3v) is 4.83. The summed E-state index contributed by atoms with van der Waals surface area (Å²) in [5.41, 5.74) is 5.99. The number of halogens is 2. The van der Waals surface area contributed by atoms with E-state index in [4.69, 9.17) is 5.73 Å². The van der Waals surface area contributed by atoms with E-state index in [0.717, 1.165) is 11.5 Å². The van der Waals surface area contributed by atoms with Gasteiger partial charge in [0.1, 0.15) is 12.0 Å². The Bertz CT molecular complexity index is 1050. The van der Waals surface area contributed by atoms with Crippen LogP contribution in [0.15, 0.2) is 30.5 Å². The molecule has 3 heterocycles. The number of aryl methyl sites for hydroxylation is 1. The fourth-order valence-electron chi connectivity index (χ4n) is 3.36. The monoisotopic (exact) mass is 386 g/mol. The molecule has 4 N–H and O–H groups in total. The Labute approximate surface area is 160 Å². The van der Waals surface area contributed by atoms with E-state index in [0.29, 0.717) is 35.8 Å². The molecule has 1 atom stereocenters. The van der Waals surface area contributed by atoms with E-state index in [-0.39, 0.29) is 5.56 Å². The van der Waals surface area contributed by atoms with Crippen molar-refractivity contribution in [1.82, 2.24) is 15.2 Å². The fraction of sp³-hybridized carbons (Fsp3) is 0.316. The third kappa shape index (κ3) is 3.23. The van der Waals surface area contributed by atoms with Crippen LogP contribution in [0.4, 0.5) is 20.4 Å². The van der Waals surface area contributed by atoms with Crippen LogP contribution >= 0.6 is 0 Å². The van der Waals surface area contributed by atoms with Crippen molar-refractivity contribution in [3.63, 3.8) is 0 Å². The number of fused-ring (bicyclic) bond motifs is 1. The second kappa shape index (κ2) is 6.61. The summed E-state index contributed by atoms with van der Waals surface area (Å²) in [5.74, 6) is -0.948. The molecule has 1 fully saturated rings. The zero-order valence-electron chi connectivity index (χ0n) is 15.4. The molecule has 0 aliphatic carbocycles.